The molecule has 0 amide bonds. The van der Waals surface area contributed by atoms with E-state index in [0.717, 1.165) is 5.92 Å². The summed E-state index contributed by atoms with van der Waals surface area (Å²) in [6, 6.07) is 0. The lowest BCUT2D eigenvalue weighted by Gasteiger charge is -2.43. The molecule has 0 aromatic rings. The molecule has 1 spiro atoms. The third-order valence-corrected chi connectivity index (χ3v) is 5.37. The SMILES string of the molecule is CN1CCC(CN2CCNC3(CCCC3)C2)CC1. The second-order valence-electron chi connectivity index (χ2n) is 6.90. The molecule has 104 valence electrons. The highest BCUT2D eigenvalue weighted by atomic mass is 15.2. The van der Waals surface area contributed by atoms with Crippen LogP contribution in [0.4, 0.5) is 0 Å². The Morgan fingerprint density at radius 1 is 1.11 bits per heavy atom. The van der Waals surface area contributed by atoms with E-state index < -0.39 is 0 Å². The summed E-state index contributed by atoms with van der Waals surface area (Å²) in [5.41, 5.74) is 0.504. The summed E-state index contributed by atoms with van der Waals surface area (Å²) in [4.78, 5) is 5.24. The zero-order chi connectivity index (χ0) is 12.4. The number of piperazine rings is 1. The molecule has 2 aliphatic heterocycles. The van der Waals surface area contributed by atoms with E-state index >= 15 is 0 Å². The monoisotopic (exact) mass is 251 g/mol. The molecule has 0 atom stereocenters. The Hall–Kier alpha value is -0.120. The lowest BCUT2D eigenvalue weighted by molar-refractivity contribution is 0.0985. The van der Waals surface area contributed by atoms with Crippen LogP contribution in [-0.4, -0.2) is 61.7 Å². The van der Waals surface area contributed by atoms with Crippen LogP contribution in [0.3, 0.4) is 0 Å². The second-order valence-corrected chi connectivity index (χ2v) is 6.90. The predicted molar refractivity (Wildman–Crippen MR) is 75.9 cm³/mol. The average Bonchev–Trinajstić information content (AvgIpc) is 2.80. The molecule has 3 heteroatoms. The van der Waals surface area contributed by atoms with Gasteiger partial charge in [-0.2, -0.15) is 0 Å². The van der Waals surface area contributed by atoms with E-state index in [2.05, 4.69) is 22.2 Å². The Labute approximate surface area is 112 Å². The van der Waals surface area contributed by atoms with Crippen molar-refractivity contribution in [3.63, 3.8) is 0 Å². The Balaban J connectivity index is 1.50. The standard InChI is InChI=1S/C15H29N3/c1-17-9-4-14(5-10-17)12-18-11-8-16-15(13-18)6-2-3-7-15/h14,16H,2-13H2,1H3. The van der Waals surface area contributed by atoms with Gasteiger partial charge in [-0.05, 0) is 51.7 Å². The van der Waals surface area contributed by atoms with Crippen molar-refractivity contribution in [2.75, 3.05) is 46.3 Å². The maximum absolute atomic E-state index is 3.82. The van der Waals surface area contributed by atoms with Gasteiger partial charge in [0.2, 0.25) is 0 Å². The molecule has 1 aliphatic carbocycles. The molecule has 0 aromatic carbocycles. The second kappa shape index (κ2) is 5.48. The molecule has 3 rings (SSSR count). The molecule has 0 unspecified atom stereocenters. The third kappa shape index (κ3) is 2.89. The van der Waals surface area contributed by atoms with Gasteiger partial charge in [0.1, 0.15) is 0 Å². The molecule has 3 nitrogen and oxygen atoms in total. The van der Waals surface area contributed by atoms with Crippen molar-refractivity contribution in [1.29, 1.82) is 0 Å². The van der Waals surface area contributed by atoms with Crippen LogP contribution in [-0.2, 0) is 0 Å². The largest absolute Gasteiger partial charge is 0.309 e. The highest BCUT2D eigenvalue weighted by Crippen LogP contribution is 2.32. The highest BCUT2D eigenvalue weighted by molar-refractivity contribution is 4.98. The number of hydrogen-bond acceptors (Lipinski definition) is 3. The van der Waals surface area contributed by atoms with Gasteiger partial charge < -0.3 is 10.2 Å². The van der Waals surface area contributed by atoms with Crippen LogP contribution in [0.15, 0.2) is 0 Å². The smallest absolute Gasteiger partial charge is 0.0309 e. The summed E-state index contributed by atoms with van der Waals surface area (Å²) in [7, 11) is 2.26. The molecule has 0 aromatic heterocycles. The first-order valence-electron chi connectivity index (χ1n) is 7.92. The fourth-order valence-corrected chi connectivity index (χ4v) is 4.19. The zero-order valence-corrected chi connectivity index (χ0v) is 12.0. The molecule has 1 N–H and O–H groups in total. The van der Waals surface area contributed by atoms with Gasteiger partial charge in [0.25, 0.3) is 0 Å². The average molecular weight is 251 g/mol. The van der Waals surface area contributed by atoms with Gasteiger partial charge in [-0.3, -0.25) is 4.90 Å². The van der Waals surface area contributed by atoms with E-state index in [1.54, 1.807) is 0 Å². The van der Waals surface area contributed by atoms with E-state index in [-0.39, 0.29) is 0 Å². The topological polar surface area (TPSA) is 18.5 Å². The van der Waals surface area contributed by atoms with Crippen LogP contribution in [0.25, 0.3) is 0 Å². The number of piperidine rings is 1. The molecule has 2 heterocycles. The van der Waals surface area contributed by atoms with Gasteiger partial charge in [0.05, 0.1) is 0 Å². The van der Waals surface area contributed by atoms with Gasteiger partial charge >= 0.3 is 0 Å². The molecule has 2 saturated heterocycles. The Kier molecular flexibility index (Phi) is 3.92. The fraction of sp³-hybridized carbons (Fsp3) is 1.00. The molecular weight excluding hydrogens is 222 g/mol. The number of nitrogens with one attached hydrogen (secondary N) is 1. The van der Waals surface area contributed by atoms with Gasteiger partial charge in [-0.1, -0.05) is 12.8 Å². The van der Waals surface area contributed by atoms with Crippen molar-refractivity contribution in [2.45, 2.75) is 44.1 Å². The van der Waals surface area contributed by atoms with Crippen LogP contribution in [0.1, 0.15) is 38.5 Å². The summed E-state index contributed by atoms with van der Waals surface area (Å²) in [6.07, 6.45) is 8.53. The first-order chi connectivity index (χ1) is 8.76. The quantitative estimate of drug-likeness (QED) is 0.803. The molecule has 18 heavy (non-hydrogen) atoms. The Morgan fingerprint density at radius 2 is 1.83 bits per heavy atom. The number of nitrogens with zero attached hydrogens (tertiary/aromatic N) is 2. The van der Waals surface area contributed by atoms with E-state index in [1.165, 1.54) is 77.8 Å². The first-order valence-corrected chi connectivity index (χ1v) is 7.92. The lowest BCUT2D eigenvalue weighted by atomic mass is 9.92. The molecule has 0 bridgehead atoms. The molecule has 3 fully saturated rings. The number of hydrogen-bond donors (Lipinski definition) is 1. The minimum absolute atomic E-state index is 0.504. The van der Waals surface area contributed by atoms with Crippen molar-refractivity contribution in [1.82, 2.24) is 15.1 Å². The summed E-state index contributed by atoms with van der Waals surface area (Å²) in [6.45, 7) is 7.78. The Morgan fingerprint density at radius 3 is 2.56 bits per heavy atom. The van der Waals surface area contributed by atoms with Crippen LogP contribution >= 0.6 is 0 Å². The maximum atomic E-state index is 3.82. The molecule has 3 aliphatic rings. The molecular formula is C15H29N3. The van der Waals surface area contributed by atoms with Crippen molar-refractivity contribution >= 4 is 0 Å². The molecule has 1 saturated carbocycles. The van der Waals surface area contributed by atoms with Crippen molar-refractivity contribution in [2.24, 2.45) is 5.92 Å². The minimum atomic E-state index is 0.504. The lowest BCUT2D eigenvalue weighted by Crippen LogP contribution is -2.59. The predicted octanol–water partition coefficient (Wildman–Crippen LogP) is 1.55. The normalized spacial score (nSPS) is 31.2. The summed E-state index contributed by atoms with van der Waals surface area (Å²) >= 11 is 0. The van der Waals surface area contributed by atoms with Crippen molar-refractivity contribution < 1.29 is 0 Å². The van der Waals surface area contributed by atoms with E-state index in [1.807, 2.05) is 0 Å². The van der Waals surface area contributed by atoms with Gasteiger partial charge in [-0.25, -0.2) is 0 Å². The first kappa shape index (κ1) is 12.9. The van der Waals surface area contributed by atoms with Crippen molar-refractivity contribution in [3.05, 3.63) is 0 Å². The summed E-state index contributed by atoms with van der Waals surface area (Å²) in [5, 5.41) is 3.82. The summed E-state index contributed by atoms with van der Waals surface area (Å²) < 4.78 is 0. The van der Waals surface area contributed by atoms with Gasteiger partial charge in [0, 0.05) is 31.7 Å². The van der Waals surface area contributed by atoms with Gasteiger partial charge in [-0.15, -0.1) is 0 Å². The molecule has 0 radical (unpaired) electrons. The van der Waals surface area contributed by atoms with Crippen LogP contribution in [0.5, 0.6) is 0 Å². The highest BCUT2D eigenvalue weighted by Gasteiger charge is 2.37. The minimum Gasteiger partial charge on any atom is -0.309 e. The van der Waals surface area contributed by atoms with Crippen LogP contribution < -0.4 is 5.32 Å². The van der Waals surface area contributed by atoms with E-state index in [0.29, 0.717) is 5.54 Å². The number of rotatable bonds is 2. The van der Waals surface area contributed by atoms with Crippen LogP contribution in [0.2, 0.25) is 0 Å². The van der Waals surface area contributed by atoms with Crippen LogP contribution in [0, 0.1) is 5.92 Å². The maximum Gasteiger partial charge on any atom is 0.0309 e. The van der Waals surface area contributed by atoms with E-state index in [4.69, 9.17) is 0 Å². The van der Waals surface area contributed by atoms with Crippen molar-refractivity contribution in [3.8, 4) is 0 Å². The zero-order valence-electron chi connectivity index (χ0n) is 12.0. The third-order valence-electron chi connectivity index (χ3n) is 5.37. The van der Waals surface area contributed by atoms with Gasteiger partial charge in [0.15, 0.2) is 0 Å². The Bertz CT molecular complexity index is 265. The van der Waals surface area contributed by atoms with E-state index in [9.17, 15) is 0 Å². The fourth-order valence-electron chi connectivity index (χ4n) is 4.19. The summed E-state index contributed by atoms with van der Waals surface area (Å²) in [5.74, 6) is 0.956. The number of likely N-dealkylation sites (tertiary alicyclic amines) is 1.